The molecule has 2 amide bonds. The second kappa shape index (κ2) is 14.5. The molecule has 0 saturated heterocycles. The highest BCUT2D eigenvalue weighted by Gasteiger charge is 2.30. The smallest absolute Gasteiger partial charge is 0.261 e. The Morgan fingerprint density at radius 1 is 0.865 bits per heavy atom. The van der Waals surface area contributed by atoms with Crippen LogP contribution >= 0.6 is 0 Å². The number of benzene rings is 3. The van der Waals surface area contributed by atoms with Gasteiger partial charge in [0.1, 0.15) is 11.8 Å². The van der Waals surface area contributed by atoms with E-state index in [1.807, 2.05) is 66.7 Å². The molecule has 3 aromatic rings. The molecule has 0 aliphatic carbocycles. The number of para-hydroxylation sites is 2. The maximum absolute atomic E-state index is 13.7. The van der Waals surface area contributed by atoms with E-state index in [1.165, 1.54) is 0 Å². The third-order valence-corrected chi connectivity index (χ3v) is 6.01. The van der Waals surface area contributed by atoms with Gasteiger partial charge < -0.3 is 24.4 Å². The van der Waals surface area contributed by atoms with E-state index < -0.39 is 6.04 Å². The van der Waals surface area contributed by atoms with Crippen LogP contribution in [0.15, 0.2) is 78.9 Å². The number of rotatable bonds is 14. The summed E-state index contributed by atoms with van der Waals surface area (Å²) in [6.45, 7) is 2.61. The Balaban J connectivity index is 1.91. The Hall–Kier alpha value is -4.00. The molecule has 0 bridgehead atoms. The molecule has 0 fully saturated rings. The Bertz CT molecular complexity index is 1140. The predicted molar refractivity (Wildman–Crippen MR) is 144 cm³/mol. The molecule has 0 saturated carbocycles. The summed E-state index contributed by atoms with van der Waals surface area (Å²) in [5, 5.41) is 3.02. The topological polar surface area (TPSA) is 77.1 Å². The molecule has 0 radical (unpaired) electrons. The molecule has 0 aliphatic heterocycles. The van der Waals surface area contributed by atoms with E-state index in [4.69, 9.17) is 14.2 Å². The van der Waals surface area contributed by atoms with Gasteiger partial charge in [-0.2, -0.15) is 0 Å². The van der Waals surface area contributed by atoms with Crippen molar-refractivity contribution in [3.8, 4) is 17.2 Å². The van der Waals surface area contributed by atoms with Crippen molar-refractivity contribution in [2.45, 2.75) is 38.8 Å². The fourth-order valence-electron chi connectivity index (χ4n) is 3.99. The summed E-state index contributed by atoms with van der Waals surface area (Å²) < 4.78 is 16.6. The Morgan fingerprint density at radius 3 is 2.27 bits per heavy atom. The minimum Gasteiger partial charge on any atom is -0.497 e. The summed E-state index contributed by atoms with van der Waals surface area (Å²) in [5.74, 6) is 1.19. The molecule has 1 N–H and O–H groups in total. The molecule has 3 rings (SSSR count). The number of unbranched alkanes of at least 4 members (excludes halogenated alkanes) is 1. The van der Waals surface area contributed by atoms with Gasteiger partial charge in [-0.15, -0.1) is 0 Å². The van der Waals surface area contributed by atoms with Crippen LogP contribution in [0.25, 0.3) is 0 Å². The summed E-state index contributed by atoms with van der Waals surface area (Å²) in [7, 11) is 3.15. The zero-order valence-electron chi connectivity index (χ0n) is 21.8. The molecule has 37 heavy (non-hydrogen) atoms. The van der Waals surface area contributed by atoms with Crippen LogP contribution in [0.5, 0.6) is 17.2 Å². The van der Waals surface area contributed by atoms with E-state index in [9.17, 15) is 9.59 Å². The van der Waals surface area contributed by atoms with Gasteiger partial charge in [-0.25, -0.2) is 0 Å². The Morgan fingerprint density at radius 2 is 1.57 bits per heavy atom. The molecule has 7 heteroatoms. The second-order valence-electron chi connectivity index (χ2n) is 8.66. The van der Waals surface area contributed by atoms with Crippen LogP contribution in [0.3, 0.4) is 0 Å². The summed E-state index contributed by atoms with van der Waals surface area (Å²) in [6.07, 6.45) is 2.20. The van der Waals surface area contributed by atoms with E-state index in [-0.39, 0.29) is 25.0 Å². The van der Waals surface area contributed by atoms with Gasteiger partial charge in [0, 0.05) is 19.5 Å². The highest BCUT2D eigenvalue weighted by molar-refractivity contribution is 5.88. The van der Waals surface area contributed by atoms with Crippen LogP contribution in [0.1, 0.15) is 30.9 Å². The third kappa shape index (κ3) is 8.27. The first-order valence-corrected chi connectivity index (χ1v) is 12.6. The van der Waals surface area contributed by atoms with Crippen molar-refractivity contribution in [2.75, 3.05) is 27.4 Å². The summed E-state index contributed by atoms with van der Waals surface area (Å²) in [5.41, 5.74) is 1.82. The number of ether oxygens (including phenoxy) is 3. The van der Waals surface area contributed by atoms with Gasteiger partial charge in [0.2, 0.25) is 5.91 Å². The summed E-state index contributed by atoms with van der Waals surface area (Å²) >= 11 is 0. The maximum atomic E-state index is 13.7. The van der Waals surface area contributed by atoms with Crippen LogP contribution in [0.4, 0.5) is 0 Å². The van der Waals surface area contributed by atoms with Gasteiger partial charge >= 0.3 is 0 Å². The molecule has 0 heterocycles. The molecule has 3 aromatic carbocycles. The molecule has 7 nitrogen and oxygen atoms in total. The number of nitrogens with zero attached hydrogens (tertiary/aromatic N) is 1. The van der Waals surface area contributed by atoms with Crippen molar-refractivity contribution in [3.05, 3.63) is 90.0 Å². The first-order chi connectivity index (χ1) is 18.0. The molecule has 0 unspecified atom stereocenters. The number of methoxy groups -OCH3 is 2. The Kier molecular flexibility index (Phi) is 10.8. The van der Waals surface area contributed by atoms with E-state index in [2.05, 4.69) is 12.2 Å². The van der Waals surface area contributed by atoms with Crippen LogP contribution < -0.4 is 19.5 Å². The number of amides is 2. The molecule has 196 valence electrons. The highest BCUT2D eigenvalue weighted by atomic mass is 16.5. The lowest BCUT2D eigenvalue weighted by molar-refractivity contribution is -0.142. The van der Waals surface area contributed by atoms with Crippen molar-refractivity contribution in [1.82, 2.24) is 10.2 Å². The number of hydrogen-bond donors (Lipinski definition) is 1. The van der Waals surface area contributed by atoms with E-state index >= 15 is 0 Å². The van der Waals surface area contributed by atoms with E-state index in [0.29, 0.717) is 30.2 Å². The minimum absolute atomic E-state index is 0.189. The number of carbonyl (C=O) groups is 2. The van der Waals surface area contributed by atoms with Crippen molar-refractivity contribution in [2.24, 2.45) is 0 Å². The average Bonchev–Trinajstić information content (AvgIpc) is 2.94. The van der Waals surface area contributed by atoms with Gasteiger partial charge in [0.05, 0.1) is 14.2 Å². The molecule has 0 aromatic heterocycles. The zero-order chi connectivity index (χ0) is 26.5. The lowest BCUT2D eigenvalue weighted by Gasteiger charge is -2.31. The van der Waals surface area contributed by atoms with Crippen LogP contribution in [-0.4, -0.2) is 50.1 Å². The van der Waals surface area contributed by atoms with Crippen molar-refractivity contribution in [1.29, 1.82) is 0 Å². The highest BCUT2D eigenvalue weighted by Crippen LogP contribution is 2.26. The van der Waals surface area contributed by atoms with Crippen LogP contribution in [-0.2, 0) is 22.6 Å². The Labute approximate surface area is 219 Å². The lowest BCUT2D eigenvalue weighted by Crippen LogP contribution is -2.51. The van der Waals surface area contributed by atoms with E-state index in [0.717, 1.165) is 24.0 Å². The first kappa shape index (κ1) is 27.6. The van der Waals surface area contributed by atoms with Crippen molar-refractivity contribution in [3.63, 3.8) is 0 Å². The largest absolute Gasteiger partial charge is 0.497 e. The summed E-state index contributed by atoms with van der Waals surface area (Å²) in [4.78, 5) is 28.8. The zero-order valence-corrected chi connectivity index (χ0v) is 21.8. The number of carbonyl (C=O) groups excluding carboxylic acids is 2. The monoisotopic (exact) mass is 504 g/mol. The maximum Gasteiger partial charge on any atom is 0.261 e. The van der Waals surface area contributed by atoms with Crippen molar-refractivity contribution >= 4 is 11.8 Å². The fourth-order valence-corrected chi connectivity index (χ4v) is 3.99. The summed E-state index contributed by atoms with van der Waals surface area (Å²) in [6, 6.07) is 23.7. The number of hydrogen-bond acceptors (Lipinski definition) is 5. The van der Waals surface area contributed by atoms with Gasteiger partial charge in [-0.1, -0.05) is 67.9 Å². The van der Waals surface area contributed by atoms with Gasteiger partial charge in [0.15, 0.2) is 18.1 Å². The number of nitrogens with one attached hydrogen (secondary N) is 1. The fraction of sp³-hybridized carbons (Fsp3) is 0.333. The van der Waals surface area contributed by atoms with Crippen molar-refractivity contribution < 1.29 is 23.8 Å². The normalized spacial score (nSPS) is 11.3. The quantitative estimate of drug-likeness (QED) is 0.324. The SMILES string of the molecule is CCCCNC(=O)[C@@H](Cc1ccccc1)N(Cc1cccc(OC)c1)C(=O)COc1ccccc1OC. The van der Waals surface area contributed by atoms with Crippen LogP contribution in [0, 0.1) is 0 Å². The third-order valence-electron chi connectivity index (χ3n) is 6.01. The molecule has 0 aliphatic rings. The first-order valence-electron chi connectivity index (χ1n) is 12.6. The molecule has 1 atom stereocenters. The minimum atomic E-state index is -0.723. The average molecular weight is 505 g/mol. The standard InChI is InChI=1S/C30H36N2O5/c1-4-5-18-31-30(34)26(20-23-12-7-6-8-13-23)32(21-24-14-11-15-25(19-24)35-2)29(33)22-37-28-17-10-9-16-27(28)36-3/h6-17,19,26H,4-5,18,20-22H2,1-3H3,(H,31,34)/t26-/m1/s1. The molecular weight excluding hydrogens is 468 g/mol. The molecule has 0 spiro atoms. The van der Waals surface area contributed by atoms with Gasteiger partial charge in [-0.05, 0) is 41.8 Å². The van der Waals surface area contributed by atoms with Gasteiger partial charge in [0.25, 0.3) is 5.91 Å². The van der Waals surface area contributed by atoms with Crippen LogP contribution in [0.2, 0.25) is 0 Å². The lowest BCUT2D eigenvalue weighted by atomic mass is 10.0. The van der Waals surface area contributed by atoms with Gasteiger partial charge in [-0.3, -0.25) is 9.59 Å². The second-order valence-corrected chi connectivity index (χ2v) is 8.66. The van der Waals surface area contributed by atoms with E-state index in [1.54, 1.807) is 31.3 Å². The molecular formula is C30H36N2O5. The predicted octanol–water partition coefficient (Wildman–Crippen LogP) is 4.64.